The first-order chi connectivity index (χ1) is 11.8. The van der Waals surface area contributed by atoms with Crippen LogP contribution in [0.3, 0.4) is 0 Å². The van der Waals surface area contributed by atoms with Crippen molar-refractivity contribution in [3.8, 4) is 5.75 Å². The van der Waals surface area contributed by atoms with Gasteiger partial charge < -0.3 is 9.52 Å². The minimum Gasteiger partial charge on any atom is -0.506 e. The molecule has 0 spiro atoms. The summed E-state index contributed by atoms with van der Waals surface area (Å²) in [6.45, 7) is 0. The van der Waals surface area contributed by atoms with E-state index in [-0.39, 0.29) is 11.0 Å². The van der Waals surface area contributed by atoms with Crippen molar-refractivity contribution < 1.29 is 27.5 Å². The van der Waals surface area contributed by atoms with Crippen molar-refractivity contribution >= 4 is 48.3 Å². The predicted molar refractivity (Wildman–Crippen MR) is 87.4 cm³/mol. The number of benzene rings is 2. The summed E-state index contributed by atoms with van der Waals surface area (Å²) in [7, 11) is 0. The van der Waals surface area contributed by atoms with Crippen molar-refractivity contribution in [3.05, 3.63) is 52.4 Å². The number of halogens is 3. The van der Waals surface area contributed by atoms with Crippen LogP contribution in [0.1, 0.15) is 10.4 Å². The van der Waals surface area contributed by atoms with Gasteiger partial charge in [0.15, 0.2) is 11.1 Å². The molecule has 0 fully saturated rings. The van der Waals surface area contributed by atoms with Crippen LogP contribution in [0, 0.1) is 0 Å². The van der Waals surface area contributed by atoms with Gasteiger partial charge >= 0.3 is 11.8 Å². The Bertz CT molecular complexity index is 1230. The van der Waals surface area contributed by atoms with Gasteiger partial charge in [0.25, 0.3) is 5.78 Å². The van der Waals surface area contributed by atoms with Gasteiger partial charge in [-0.2, -0.15) is 13.2 Å². The fraction of sp³-hybridized carbons (Fsp3) is 0.0588. The number of aromatic hydroxyl groups is 1. The topological polar surface area (TPSA) is 67.5 Å². The van der Waals surface area contributed by atoms with Crippen molar-refractivity contribution in [1.29, 1.82) is 0 Å². The van der Waals surface area contributed by atoms with Crippen LogP contribution in [0.5, 0.6) is 5.75 Å². The van der Waals surface area contributed by atoms with E-state index in [1.54, 1.807) is 18.2 Å². The molecule has 2 heterocycles. The van der Waals surface area contributed by atoms with Crippen LogP contribution in [0.25, 0.3) is 31.1 Å². The first-order valence-electron chi connectivity index (χ1n) is 7.00. The normalized spacial score (nSPS) is 12.3. The summed E-state index contributed by atoms with van der Waals surface area (Å²) in [5, 5.41) is 11.3. The molecule has 0 saturated carbocycles. The number of hydrogen-bond donors (Lipinski definition) is 1. The Hall–Kier alpha value is -2.87. The van der Waals surface area contributed by atoms with Crippen LogP contribution in [-0.2, 0) is 0 Å². The summed E-state index contributed by atoms with van der Waals surface area (Å²) in [6, 6.07) is 10.2. The highest BCUT2D eigenvalue weighted by Gasteiger charge is 2.43. The summed E-state index contributed by atoms with van der Waals surface area (Å²) in [5.74, 6) is -3.46. The van der Waals surface area contributed by atoms with Crippen LogP contribution in [0.2, 0.25) is 0 Å². The SMILES string of the molecule is O=C(c1c(O)c2ccc3sc4ccccc4c3c2oc1=O)C(F)(F)F. The van der Waals surface area contributed by atoms with E-state index < -0.39 is 28.9 Å². The zero-order valence-electron chi connectivity index (χ0n) is 12.2. The average molecular weight is 364 g/mol. The Morgan fingerprint density at radius 3 is 2.48 bits per heavy atom. The van der Waals surface area contributed by atoms with E-state index in [2.05, 4.69) is 0 Å². The molecule has 0 aliphatic carbocycles. The number of rotatable bonds is 1. The highest BCUT2D eigenvalue weighted by atomic mass is 32.1. The summed E-state index contributed by atoms with van der Waals surface area (Å²) in [6.07, 6.45) is -5.29. The zero-order valence-corrected chi connectivity index (χ0v) is 13.0. The molecule has 0 aliphatic rings. The molecule has 25 heavy (non-hydrogen) atoms. The predicted octanol–water partition coefficient (Wildman–Crippen LogP) is 4.61. The fourth-order valence-electron chi connectivity index (χ4n) is 2.79. The molecule has 0 amide bonds. The molecule has 0 unspecified atom stereocenters. The van der Waals surface area contributed by atoms with Crippen molar-refractivity contribution in [2.45, 2.75) is 6.18 Å². The largest absolute Gasteiger partial charge is 0.506 e. The zero-order chi connectivity index (χ0) is 17.9. The van der Waals surface area contributed by atoms with E-state index in [1.807, 2.05) is 12.1 Å². The second kappa shape index (κ2) is 5.06. The van der Waals surface area contributed by atoms with Gasteiger partial charge in [-0.1, -0.05) is 18.2 Å². The van der Waals surface area contributed by atoms with Crippen LogP contribution in [0.15, 0.2) is 45.6 Å². The highest BCUT2D eigenvalue weighted by molar-refractivity contribution is 7.26. The molecule has 4 nitrogen and oxygen atoms in total. The smallest absolute Gasteiger partial charge is 0.455 e. The maximum atomic E-state index is 12.7. The van der Waals surface area contributed by atoms with E-state index in [1.165, 1.54) is 17.4 Å². The molecule has 8 heteroatoms. The molecule has 2 aromatic carbocycles. The summed E-state index contributed by atoms with van der Waals surface area (Å²) in [5.41, 5.74) is -2.97. The number of Topliss-reactive ketones (excluding diaryl/α,β-unsaturated/α-hetero) is 1. The minimum atomic E-state index is -5.29. The van der Waals surface area contributed by atoms with Crippen molar-refractivity contribution in [2.24, 2.45) is 0 Å². The number of carbonyl (C=O) groups is 1. The number of hydrogen-bond acceptors (Lipinski definition) is 5. The third kappa shape index (κ3) is 2.21. The molecule has 126 valence electrons. The first-order valence-corrected chi connectivity index (χ1v) is 7.82. The van der Waals surface area contributed by atoms with Crippen molar-refractivity contribution in [2.75, 3.05) is 0 Å². The van der Waals surface area contributed by atoms with Gasteiger partial charge in [-0.05, 0) is 18.2 Å². The van der Waals surface area contributed by atoms with E-state index in [0.717, 1.165) is 14.8 Å². The van der Waals surface area contributed by atoms with E-state index in [9.17, 15) is 27.9 Å². The van der Waals surface area contributed by atoms with Gasteiger partial charge in [0.2, 0.25) is 0 Å². The lowest BCUT2D eigenvalue weighted by molar-refractivity contribution is -0.0888. The number of carbonyl (C=O) groups excluding carboxylic acids is 1. The first kappa shape index (κ1) is 15.6. The number of ketones is 1. The molecule has 4 rings (SSSR count). The van der Waals surface area contributed by atoms with Gasteiger partial charge in [0.1, 0.15) is 5.75 Å². The molecule has 0 radical (unpaired) electrons. The van der Waals surface area contributed by atoms with E-state index in [0.29, 0.717) is 5.39 Å². The quantitative estimate of drug-likeness (QED) is 0.396. The summed E-state index contributed by atoms with van der Waals surface area (Å²) < 4.78 is 44.7. The fourth-order valence-corrected chi connectivity index (χ4v) is 3.90. The molecule has 0 aliphatic heterocycles. The maximum absolute atomic E-state index is 12.7. The minimum absolute atomic E-state index is 0.0452. The average Bonchev–Trinajstić information content (AvgIpc) is 2.92. The Labute approximate surface area is 140 Å². The molecule has 4 aromatic rings. The molecule has 1 N–H and O–H groups in total. The third-order valence-electron chi connectivity index (χ3n) is 3.87. The standard InChI is InChI=1S/C17H7F3O4S/c18-17(19,20)15(22)12-13(21)8-5-6-10-11(14(8)24-16(12)23)7-3-1-2-4-9(7)25-10/h1-6,21H. The highest BCUT2D eigenvalue weighted by Crippen LogP contribution is 2.41. The monoisotopic (exact) mass is 364 g/mol. The Balaban J connectivity index is 2.17. The Morgan fingerprint density at radius 1 is 1.04 bits per heavy atom. The third-order valence-corrected chi connectivity index (χ3v) is 5.01. The lowest BCUT2D eigenvalue weighted by Crippen LogP contribution is -2.28. The van der Waals surface area contributed by atoms with Crippen LogP contribution >= 0.6 is 11.3 Å². The molecule has 0 bridgehead atoms. The lowest BCUT2D eigenvalue weighted by Gasteiger charge is -2.08. The molecular formula is C17H7F3O4S. The van der Waals surface area contributed by atoms with Gasteiger partial charge in [0.05, 0.1) is 5.39 Å². The maximum Gasteiger partial charge on any atom is 0.455 e. The van der Waals surface area contributed by atoms with E-state index in [4.69, 9.17) is 4.42 Å². The Morgan fingerprint density at radius 2 is 1.76 bits per heavy atom. The van der Waals surface area contributed by atoms with Gasteiger partial charge in [-0.25, -0.2) is 4.79 Å². The Kier molecular flexibility index (Phi) is 3.17. The second-order valence-electron chi connectivity index (χ2n) is 5.35. The van der Waals surface area contributed by atoms with Crippen LogP contribution in [0.4, 0.5) is 13.2 Å². The van der Waals surface area contributed by atoms with Gasteiger partial charge in [0, 0.05) is 20.2 Å². The van der Waals surface area contributed by atoms with Crippen LogP contribution in [-0.4, -0.2) is 17.1 Å². The van der Waals surface area contributed by atoms with Crippen molar-refractivity contribution in [3.63, 3.8) is 0 Å². The second-order valence-corrected chi connectivity index (χ2v) is 6.44. The van der Waals surface area contributed by atoms with Gasteiger partial charge in [-0.15, -0.1) is 11.3 Å². The summed E-state index contributed by atoms with van der Waals surface area (Å²) in [4.78, 5) is 23.4. The number of alkyl halides is 3. The number of thiophene rings is 1. The molecule has 0 atom stereocenters. The van der Waals surface area contributed by atoms with E-state index >= 15 is 0 Å². The number of fused-ring (bicyclic) bond motifs is 5. The lowest BCUT2D eigenvalue weighted by atomic mass is 10.1. The summed E-state index contributed by atoms with van der Waals surface area (Å²) >= 11 is 1.41. The molecular weight excluding hydrogens is 357 g/mol. The molecule has 2 aromatic heterocycles. The van der Waals surface area contributed by atoms with Gasteiger partial charge in [-0.3, -0.25) is 4.79 Å². The molecule has 0 saturated heterocycles. The van der Waals surface area contributed by atoms with Crippen LogP contribution < -0.4 is 5.63 Å². The van der Waals surface area contributed by atoms with Crippen molar-refractivity contribution in [1.82, 2.24) is 0 Å².